The minimum Gasteiger partial charge on any atom is -0.353 e. The lowest BCUT2D eigenvalue weighted by molar-refractivity contribution is -0.155. The number of piperazine rings is 2. The first-order chi connectivity index (χ1) is 12.9. The Morgan fingerprint density at radius 2 is 1.48 bits per heavy atom. The molecule has 2 fully saturated rings. The topological polar surface area (TPSA) is 77.1 Å². The Labute approximate surface area is 159 Å². The van der Waals surface area contributed by atoms with Crippen molar-refractivity contribution in [2.24, 2.45) is 5.41 Å². The fourth-order valence-corrected chi connectivity index (χ4v) is 3.59. The minimum atomic E-state index is -1.10. The molecule has 3 heterocycles. The summed E-state index contributed by atoms with van der Waals surface area (Å²) in [5.41, 5.74) is -1.10. The van der Waals surface area contributed by atoms with E-state index in [1.807, 2.05) is 18.2 Å². The van der Waals surface area contributed by atoms with Gasteiger partial charge in [0.1, 0.15) is 11.2 Å². The molecule has 3 rings (SSSR count). The molecule has 8 nitrogen and oxygen atoms in total. The maximum absolute atomic E-state index is 13.0. The predicted molar refractivity (Wildman–Crippen MR) is 101 cm³/mol. The quantitative estimate of drug-likeness (QED) is 0.551. The molecule has 2 aliphatic heterocycles. The predicted octanol–water partition coefficient (Wildman–Crippen LogP) is 0.0570. The van der Waals surface area contributed by atoms with Gasteiger partial charge in [0.25, 0.3) is 0 Å². The maximum Gasteiger partial charge on any atom is 0.237 e. The highest BCUT2D eigenvalue weighted by Gasteiger charge is 2.43. The number of anilines is 1. The molecule has 8 heteroatoms. The number of rotatable bonds is 4. The van der Waals surface area contributed by atoms with Crippen molar-refractivity contribution in [3.63, 3.8) is 0 Å². The summed E-state index contributed by atoms with van der Waals surface area (Å²) >= 11 is 0. The van der Waals surface area contributed by atoms with Crippen molar-refractivity contribution in [1.82, 2.24) is 19.7 Å². The van der Waals surface area contributed by atoms with Crippen molar-refractivity contribution in [2.75, 3.05) is 57.3 Å². The number of amides is 3. The first-order valence-corrected chi connectivity index (χ1v) is 9.37. The molecule has 0 aliphatic carbocycles. The average Bonchev–Trinajstić information content (AvgIpc) is 2.73. The SMILES string of the molecule is CC(C)(C(=O)N1CCN(C=O)CC1)C(=O)N1CCN(c2ccccn2)CC1. The van der Waals surface area contributed by atoms with Crippen LogP contribution in [0.4, 0.5) is 5.82 Å². The van der Waals surface area contributed by atoms with Gasteiger partial charge >= 0.3 is 0 Å². The molecule has 146 valence electrons. The van der Waals surface area contributed by atoms with E-state index in [1.54, 1.807) is 34.7 Å². The largest absolute Gasteiger partial charge is 0.353 e. The highest BCUT2D eigenvalue weighted by Crippen LogP contribution is 2.25. The molecule has 0 atom stereocenters. The van der Waals surface area contributed by atoms with Crippen molar-refractivity contribution in [1.29, 1.82) is 0 Å². The lowest BCUT2D eigenvalue weighted by Gasteiger charge is -2.41. The Morgan fingerprint density at radius 3 is 1.96 bits per heavy atom. The summed E-state index contributed by atoms with van der Waals surface area (Å²) in [6, 6.07) is 5.79. The lowest BCUT2D eigenvalue weighted by Crippen LogP contribution is -2.58. The Bertz CT molecular complexity index is 678. The summed E-state index contributed by atoms with van der Waals surface area (Å²) in [7, 11) is 0. The van der Waals surface area contributed by atoms with Crippen molar-refractivity contribution in [2.45, 2.75) is 13.8 Å². The van der Waals surface area contributed by atoms with Gasteiger partial charge in [-0.15, -0.1) is 0 Å². The van der Waals surface area contributed by atoms with Gasteiger partial charge in [0.15, 0.2) is 0 Å². The van der Waals surface area contributed by atoms with E-state index in [9.17, 15) is 14.4 Å². The zero-order valence-corrected chi connectivity index (χ0v) is 16.0. The Morgan fingerprint density at radius 1 is 0.926 bits per heavy atom. The summed E-state index contributed by atoms with van der Waals surface area (Å²) in [4.78, 5) is 48.4. The third-order valence-electron chi connectivity index (χ3n) is 5.36. The molecular weight excluding hydrogens is 346 g/mol. The second-order valence-electron chi connectivity index (χ2n) is 7.53. The molecule has 1 aromatic heterocycles. The summed E-state index contributed by atoms with van der Waals surface area (Å²) in [5.74, 6) is 0.615. The molecule has 0 unspecified atom stereocenters. The Hall–Kier alpha value is -2.64. The van der Waals surface area contributed by atoms with Crippen LogP contribution in [0.5, 0.6) is 0 Å². The van der Waals surface area contributed by atoms with E-state index in [-0.39, 0.29) is 11.8 Å². The van der Waals surface area contributed by atoms with E-state index in [0.717, 1.165) is 12.2 Å². The molecule has 0 N–H and O–H groups in total. The van der Waals surface area contributed by atoms with Crippen LogP contribution in [0.15, 0.2) is 24.4 Å². The monoisotopic (exact) mass is 373 g/mol. The fourth-order valence-electron chi connectivity index (χ4n) is 3.59. The van der Waals surface area contributed by atoms with Crippen molar-refractivity contribution in [3.8, 4) is 0 Å². The molecular formula is C19H27N5O3. The standard InChI is InChI=1S/C19H27N5O3/c1-19(2,17(26)23-9-7-21(15-25)8-10-23)18(27)24-13-11-22(12-14-24)16-5-3-4-6-20-16/h3-6,15H,7-14H2,1-2H3. The zero-order valence-electron chi connectivity index (χ0n) is 16.0. The number of hydrogen-bond acceptors (Lipinski definition) is 5. The van der Waals surface area contributed by atoms with Crippen LogP contribution < -0.4 is 4.90 Å². The smallest absolute Gasteiger partial charge is 0.237 e. The van der Waals surface area contributed by atoms with E-state index < -0.39 is 5.41 Å². The van der Waals surface area contributed by atoms with Gasteiger partial charge in [-0.3, -0.25) is 14.4 Å². The summed E-state index contributed by atoms with van der Waals surface area (Å²) in [5, 5.41) is 0. The second-order valence-corrected chi connectivity index (χ2v) is 7.53. The number of hydrogen-bond donors (Lipinski definition) is 0. The van der Waals surface area contributed by atoms with Gasteiger partial charge in [-0.2, -0.15) is 0 Å². The van der Waals surface area contributed by atoms with Crippen LogP contribution in [0.1, 0.15) is 13.8 Å². The van der Waals surface area contributed by atoms with Crippen LogP contribution in [0.2, 0.25) is 0 Å². The minimum absolute atomic E-state index is 0.133. The highest BCUT2D eigenvalue weighted by molar-refractivity contribution is 6.04. The van der Waals surface area contributed by atoms with Crippen LogP contribution in [-0.4, -0.2) is 90.3 Å². The number of carbonyl (C=O) groups excluding carboxylic acids is 3. The second kappa shape index (κ2) is 7.94. The Kier molecular flexibility index (Phi) is 5.62. The van der Waals surface area contributed by atoms with Crippen LogP contribution in [0.25, 0.3) is 0 Å². The molecule has 0 saturated carbocycles. The van der Waals surface area contributed by atoms with Gasteiger partial charge in [0.2, 0.25) is 18.2 Å². The average molecular weight is 373 g/mol. The third kappa shape index (κ3) is 4.04. The molecule has 0 spiro atoms. The van der Waals surface area contributed by atoms with Crippen LogP contribution >= 0.6 is 0 Å². The molecule has 0 radical (unpaired) electrons. The van der Waals surface area contributed by atoms with E-state index in [0.29, 0.717) is 52.4 Å². The fraction of sp³-hybridized carbons (Fsp3) is 0.579. The van der Waals surface area contributed by atoms with Gasteiger partial charge in [-0.25, -0.2) is 4.98 Å². The molecule has 0 aromatic carbocycles. The summed E-state index contributed by atoms with van der Waals surface area (Å²) in [6.45, 7) is 7.93. The number of pyridine rings is 1. The van der Waals surface area contributed by atoms with Crippen molar-refractivity contribution >= 4 is 24.0 Å². The van der Waals surface area contributed by atoms with Crippen molar-refractivity contribution < 1.29 is 14.4 Å². The molecule has 27 heavy (non-hydrogen) atoms. The van der Waals surface area contributed by atoms with E-state index in [2.05, 4.69) is 9.88 Å². The van der Waals surface area contributed by atoms with Crippen LogP contribution in [-0.2, 0) is 14.4 Å². The first-order valence-electron chi connectivity index (χ1n) is 9.37. The Balaban J connectivity index is 1.58. The lowest BCUT2D eigenvalue weighted by atomic mass is 9.89. The van der Waals surface area contributed by atoms with Gasteiger partial charge < -0.3 is 19.6 Å². The normalized spacial score (nSPS) is 18.4. The van der Waals surface area contributed by atoms with Gasteiger partial charge in [-0.05, 0) is 26.0 Å². The van der Waals surface area contributed by atoms with Crippen molar-refractivity contribution in [3.05, 3.63) is 24.4 Å². The van der Waals surface area contributed by atoms with E-state index in [1.165, 1.54) is 0 Å². The summed E-state index contributed by atoms with van der Waals surface area (Å²) in [6.07, 6.45) is 2.57. The number of carbonyl (C=O) groups is 3. The third-order valence-corrected chi connectivity index (χ3v) is 5.36. The highest BCUT2D eigenvalue weighted by atomic mass is 16.2. The van der Waals surface area contributed by atoms with E-state index >= 15 is 0 Å². The molecule has 2 aliphatic rings. The van der Waals surface area contributed by atoms with Gasteiger partial charge in [0, 0.05) is 58.6 Å². The van der Waals surface area contributed by atoms with Gasteiger partial charge in [-0.1, -0.05) is 6.07 Å². The van der Waals surface area contributed by atoms with Gasteiger partial charge in [0.05, 0.1) is 0 Å². The molecule has 3 amide bonds. The maximum atomic E-state index is 13.0. The number of nitrogens with zero attached hydrogens (tertiary/aromatic N) is 5. The molecule has 0 bridgehead atoms. The molecule has 2 saturated heterocycles. The van der Waals surface area contributed by atoms with Crippen LogP contribution in [0.3, 0.4) is 0 Å². The van der Waals surface area contributed by atoms with Crippen LogP contribution in [0, 0.1) is 5.41 Å². The number of aromatic nitrogens is 1. The molecule has 1 aromatic rings. The zero-order chi connectivity index (χ0) is 19.4. The first kappa shape index (κ1) is 19.1. The summed E-state index contributed by atoms with van der Waals surface area (Å²) < 4.78 is 0. The van der Waals surface area contributed by atoms with E-state index in [4.69, 9.17) is 0 Å².